The van der Waals surface area contributed by atoms with Crippen LogP contribution in [0.2, 0.25) is 0 Å². The molecule has 2 aromatic heterocycles. The van der Waals surface area contributed by atoms with E-state index in [4.69, 9.17) is 0 Å². The van der Waals surface area contributed by atoms with Crippen molar-refractivity contribution in [3.8, 4) is 0 Å². The van der Waals surface area contributed by atoms with Gasteiger partial charge in [-0.3, -0.25) is 15.0 Å². The summed E-state index contributed by atoms with van der Waals surface area (Å²) in [6.45, 7) is 3.45. The van der Waals surface area contributed by atoms with E-state index in [1.54, 1.807) is 23.5 Å². The third-order valence-corrected chi connectivity index (χ3v) is 7.28. The van der Waals surface area contributed by atoms with Gasteiger partial charge in [-0.1, -0.05) is 18.9 Å². The predicted octanol–water partition coefficient (Wildman–Crippen LogP) is 3.67. The van der Waals surface area contributed by atoms with Gasteiger partial charge in [-0.15, -0.1) is 16.4 Å². The number of tetrazole rings is 1. The Labute approximate surface area is 184 Å². The first-order valence-electron chi connectivity index (χ1n) is 10.8. The fourth-order valence-electron chi connectivity index (χ4n) is 4.73. The maximum Gasteiger partial charge on any atom is 0.269 e. The highest BCUT2D eigenvalue weighted by molar-refractivity contribution is 7.10. The molecule has 1 aromatic carbocycles. The molecule has 3 heterocycles. The molecular formula is C21H25N7O2S. The molecular weight excluding hydrogens is 414 g/mol. The molecule has 0 unspecified atom stereocenters. The van der Waals surface area contributed by atoms with E-state index in [1.807, 2.05) is 12.1 Å². The van der Waals surface area contributed by atoms with Crippen LogP contribution in [0.3, 0.4) is 0 Å². The number of nitrogens with zero attached hydrogens (tertiary/aromatic N) is 7. The first kappa shape index (κ1) is 20.1. The molecule has 1 aliphatic carbocycles. The van der Waals surface area contributed by atoms with Crippen molar-refractivity contribution in [2.45, 2.75) is 37.8 Å². The third-order valence-electron chi connectivity index (χ3n) is 6.35. The average molecular weight is 440 g/mol. The summed E-state index contributed by atoms with van der Waals surface area (Å²) in [5.41, 5.74) is 1.15. The second kappa shape index (κ2) is 8.72. The van der Waals surface area contributed by atoms with Crippen LogP contribution in [0.5, 0.6) is 0 Å². The zero-order chi connectivity index (χ0) is 21.2. The number of aromatic nitrogens is 4. The summed E-state index contributed by atoms with van der Waals surface area (Å²) in [4.78, 5) is 16.6. The normalized spacial score (nSPS) is 19.0. The predicted molar refractivity (Wildman–Crippen MR) is 118 cm³/mol. The Morgan fingerprint density at radius 2 is 1.81 bits per heavy atom. The van der Waals surface area contributed by atoms with Crippen molar-refractivity contribution in [1.82, 2.24) is 25.1 Å². The van der Waals surface area contributed by atoms with Crippen LogP contribution >= 0.6 is 11.3 Å². The van der Waals surface area contributed by atoms with Gasteiger partial charge in [0.25, 0.3) is 5.69 Å². The molecule has 3 aromatic rings. The molecule has 162 valence electrons. The van der Waals surface area contributed by atoms with Crippen molar-refractivity contribution >= 4 is 22.7 Å². The number of nitro benzene ring substituents is 1. The fraction of sp³-hybridized carbons (Fsp3) is 0.476. The monoisotopic (exact) mass is 439 g/mol. The van der Waals surface area contributed by atoms with Crippen LogP contribution in [-0.4, -0.2) is 56.2 Å². The summed E-state index contributed by atoms with van der Waals surface area (Å²) >= 11 is 1.75. The van der Waals surface area contributed by atoms with E-state index in [1.165, 1.54) is 17.7 Å². The molecule has 0 spiro atoms. The fourth-order valence-corrected chi connectivity index (χ4v) is 5.59. The molecule has 1 saturated carbocycles. The van der Waals surface area contributed by atoms with Crippen molar-refractivity contribution in [2.75, 3.05) is 31.1 Å². The minimum absolute atomic E-state index is 0.0506. The van der Waals surface area contributed by atoms with Crippen molar-refractivity contribution in [3.05, 3.63) is 62.6 Å². The lowest BCUT2D eigenvalue weighted by Gasteiger charge is -2.39. The summed E-state index contributed by atoms with van der Waals surface area (Å²) in [5, 5.41) is 25.9. The highest BCUT2D eigenvalue weighted by atomic mass is 32.1. The number of hydrogen-bond acceptors (Lipinski definition) is 8. The molecule has 2 fully saturated rings. The Morgan fingerprint density at radius 1 is 1.06 bits per heavy atom. The second-order valence-corrected chi connectivity index (χ2v) is 9.11. The molecule has 2 aliphatic rings. The molecule has 31 heavy (non-hydrogen) atoms. The SMILES string of the molecule is O=[N+]([O-])c1ccc(N2CCN([C@H](c3cccs3)c3nnnn3C3CCCC3)CC2)cc1. The van der Waals surface area contributed by atoms with Gasteiger partial charge in [0.1, 0.15) is 6.04 Å². The number of benzene rings is 1. The number of hydrogen-bond donors (Lipinski definition) is 0. The minimum atomic E-state index is -0.359. The maximum atomic E-state index is 10.9. The molecule has 0 N–H and O–H groups in total. The molecule has 1 aliphatic heterocycles. The first-order chi connectivity index (χ1) is 15.2. The van der Waals surface area contributed by atoms with Crippen molar-refractivity contribution < 1.29 is 4.92 Å². The number of non-ortho nitro benzene ring substituents is 1. The van der Waals surface area contributed by atoms with Gasteiger partial charge in [-0.2, -0.15) is 0 Å². The maximum absolute atomic E-state index is 10.9. The quantitative estimate of drug-likeness (QED) is 0.427. The van der Waals surface area contributed by atoms with Crippen LogP contribution in [0.15, 0.2) is 41.8 Å². The summed E-state index contributed by atoms with van der Waals surface area (Å²) in [6, 6.07) is 11.5. The molecule has 0 radical (unpaired) electrons. The number of piperazine rings is 1. The average Bonchev–Trinajstić information content (AvgIpc) is 3.57. The van der Waals surface area contributed by atoms with Crippen LogP contribution < -0.4 is 4.90 Å². The van der Waals surface area contributed by atoms with Gasteiger partial charge in [0.2, 0.25) is 0 Å². The van der Waals surface area contributed by atoms with Crippen molar-refractivity contribution in [2.24, 2.45) is 0 Å². The van der Waals surface area contributed by atoms with Gasteiger partial charge in [0.15, 0.2) is 5.82 Å². The van der Waals surface area contributed by atoms with E-state index >= 15 is 0 Å². The Morgan fingerprint density at radius 3 is 2.45 bits per heavy atom. The van der Waals surface area contributed by atoms with Gasteiger partial charge in [-0.05, 0) is 46.8 Å². The zero-order valence-electron chi connectivity index (χ0n) is 17.2. The number of nitro groups is 1. The minimum Gasteiger partial charge on any atom is -0.369 e. The number of anilines is 1. The van der Waals surface area contributed by atoms with E-state index in [0.717, 1.165) is 50.5 Å². The highest BCUT2D eigenvalue weighted by Gasteiger charge is 2.33. The van der Waals surface area contributed by atoms with Crippen LogP contribution in [0.4, 0.5) is 11.4 Å². The van der Waals surface area contributed by atoms with E-state index < -0.39 is 0 Å². The van der Waals surface area contributed by atoms with Gasteiger partial charge in [-0.25, -0.2) is 4.68 Å². The summed E-state index contributed by atoms with van der Waals surface area (Å²) in [5.74, 6) is 0.943. The number of thiophene rings is 1. The Bertz CT molecular complexity index is 1010. The van der Waals surface area contributed by atoms with Crippen LogP contribution in [0.1, 0.15) is 48.5 Å². The molecule has 9 nitrogen and oxygen atoms in total. The van der Waals surface area contributed by atoms with Gasteiger partial charge < -0.3 is 4.90 Å². The van der Waals surface area contributed by atoms with E-state index in [2.05, 4.69) is 47.5 Å². The Balaban J connectivity index is 1.35. The lowest BCUT2D eigenvalue weighted by atomic mass is 10.1. The Kier molecular flexibility index (Phi) is 5.65. The van der Waals surface area contributed by atoms with Crippen LogP contribution in [-0.2, 0) is 0 Å². The molecule has 5 rings (SSSR count). The van der Waals surface area contributed by atoms with Crippen molar-refractivity contribution in [1.29, 1.82) is 0 Å². The number of rotatable bonds is 6. The largest absolute Gasteiger partial charge is 0.369 e. The standard InChI is InChI=1S/C21H25N7O2S/c29-28(30)18-9-7-16(8-10-18)25-11-13-26(14-12-25)20(19-6-3-15-31-19)21-22-23-24-27(21)17-4-1-2-5-17/h3,6-10,15,17,20H,1-2,4-5,11-14H2/t20-/m1/s1. The molecule has 1 saturated heterocycles. The summed E-state index contributed by atoms with van der Waals surface area (Å²) in [6.07, 6.45) is 4.76. The molecule has 1 atom stereocenters. The summed E-state index contributed by atoms with van der Waals surface area (Å²) in [7, 11) is 0. The molecule has 0 bridgehead atoms. The highest BCUT2D eigenvalue weighted by Crippen LogP contribution is 2.36. The lowest BCUT2D eigenvalue weighted by Crippen LogP contribution is -2.48. The molecule has 10 heteroatoms. The van der Waals surface area contributed by atoms with Crippen LogP contribution in [0, 0.1) is 10.1 Å². The molecule has 0 amide bonds. The topological polar surface area (TPSA) is 93.2 Å². The lowest BCUT2D eigenvalue weighted by molar-refractivity contribution is -0.384. The Hall–Kier alpha value is -2.85. The van der Waals surface area contributed by atoms with E-state index in [9.17, 15) is 10.1 Å². The van der Waals surface area contributed by atoms with Crippen molar-refractivity contribution in [3.63, 3.8) is 0 Å². The van der Waals surface area contributed by atoms with E-state index in [-0.39, 0.29) is 16.7 Å². The van der Waals surface area contributed by atoms with Gasteiger partial charge >= 0.3 is 0 Å². The third kappa shape index (κ3) is 4.05. The van der Waals surface area contributed by atoms with E-state index in [0.29, 0.717) is 6.04 Å². The van der Waals surface area contributed by atoms with Crippen LogP contribution in [0.25, 0.3) is 0 Å². The van der Waals surface area contributed by atoms with Gasteiger partial charge in [0, 0.05) is 48.9 Å². The second-order valence-electron chi connectivity index (χ2n) is 8.13. The first-order valence-corrected chi connectivity index (χ1v) is 11.6. The zero-order valence-corrected chi connectivity index (χ0v) is 18.0. The van der Waals surface area contributed by atoms with Gasteiger partial charge in [0.05, 0.1) is 11.0 Å². The summed E-state index contributed by atoms with van der Waals surface area (Å²) < 4.78 is 2.07. The smallest absolute Gasteiger partial charge is 0.269 e.